The van der Waals surface area contributed by atoms with E-state index in [1.54, 1.807) is 31.9 Å². The Kier molecular flexibility index (Phi) is 10.2. The molecule has 0 radical (unpaired) electrons. The van der Waals surface area contributed by atoms with Crippen LogP contribution in [0.15, 0.2) is 36.9 Å². The standard InChI is InChI=1S/C27H42N7O4P/c1-8-13-37-26(35)27(5,6)32-39(36,33(7)15-21-9-11-22(12-10-21)19(2)3)18-38-20(4)14-34-17-31-23-24(28)29-16-30-25(23)34/h9-12,16-17,19-20H,8,13-15,18H2,1-7H3,(H,32,36)(H2,28,29,30)/t20-,39?/m1/s1. The summed E-state index contributed by atoms with van der Waals surface area (Å²) in [5, 5.41) is 3.11. The predicted molar refractivity (Wildman–Crippen MR) is 153 cm³/mol. The monoisotopic (exact) mass is 559 g/mol. The van der Waals surface area contributed by atoms with Crippen molar-refractivity contribution in [3.8, 4) is 0 Å². The Hall–Kier alpha value is -2.85. The zero-order valence-corrected chi connectivity index (χ0v) is 24.9. The lowest BCUT2D eigenvalue weighted by Crippen LogP contribution is -2.48. The molecule has 0 saturated carbocycles. The van der Waals surface area contributed by atoms with Gasteiger partial charge < -0.3 is 19.8 Å². The zero-order chi connectivity index (χ0) is 28.8. The van der Waals surface area contributed by atoms with Gasteiger partial charge in [-0.25, -0.2) is 24.7 Å². The van der Waals surface area contributed by atoms with Crippen LogP contribution in [0.5, 0.6) is 0 Å². The highest BCUT2D eigenvalue weighted by molar-refractivity contribution is 7.59. The summed E-state index contributed by atoms with van der Waals surface area (Å²) in [6, 6.07) is 8.25. The molecule has 3 N–H and O–H groups in total. The van der Waals surface area contributed by atoms with Crippen LogP contribution in [-0.4, -0.2) is 61.8 Å². The van der Waals surface area contributed by atoms with Gasteiger partial charge in [0, 0.05) is 6.54 Å². The second-order valence-electron chi connectivity index (χ2n) is 10.7. The minimum absolute atomic E-state index is 0.122. The summed E-state index contributed by atoms with van der Waals surface area (Å²) < 4.78 is 29.5. The Balaban J connectivity index is 1.78. The summed E-state index contributed by atoms with van der Waals surface area (Å²) in [7, 11) is -1.65. The fourth-order valence-corrected chi connectivity index (χ4v) is 6.30. The van der Waals surface area contributed by atoms with E-state index < -0.39 is 19.0 Å². The molecule has 0 spiro atoms. The van der Waals surface area contributed by atoms with Crippen molar-refractivity contribution in [2.45, 2.75) is 78.6 Å². The third-order valence-corrected chi connectivity index (χ3v) is 9.08. The van der Waals surface area contributed by atoms with Crippen LogP contribution in [0.25, 0.3) is 11.2 Å². The first kappa shape index (κ1) is 30.7. The van der Waals surface area contributed by atoms with E-state index in [1.165, 1.54) is 11.9 Å². The van der Waals surface area contributed by atoms with Gasteiger partial charge in [-0.1, -0.05) is 45.0 Å². The Bertz CT molecular complexity index is 1290. The number of aromatic nitrogens is 4. The lowest BCUT2D eigenvalue weighted by molar-refractivity contribution is -0.149. The van der Waals surface area contributed by atoms with Crippen LogP contribution < -0.4 is 10.8 Å². The van der Waals surface area contributed by atoms with Gasteiger partial charge in [0.25, 0.3) is 0 Å². The normalized spacial score (nSPS) is 14.6. The highest BCUT2D eigenvalue weighted by atomic mass is 31.2. The molecule has 1 aromatic carbocycles. The number of carbonyl (C=O) groups is 1. The van der Waals surface area contributed by atoms with Crippen LogP contribution in [0.3, 0.4) is 0 Å². The maximum atomic E-state index is 14.5. The van der Waals surface area contributed by atoms with Crippen molar-refractivity contribution in [1.82, 2.24) is 29.3 Å². The van der Waals surface area contributed by atoms with Gasteiger partial charge in [0.15, 0.2) is 11.5 Å². The number of hydrogen-bond acceptors (Lipinski definition) is 8. The Labute approximate surface area is 231 Å². The minimum Gasteiger partial charge on any atom is -0.464 e. The number of nitrogen functional groups attached to an aromatic ring is 1. The summed E-state index contributed by atoms with van der Waals surface area (Å²) in [6.07, 6.45) is 3.26. The average molecular weight is 560 g/mol. The molecule has 214 valence electrons. The van der Waals surface area contributed by atoms with Gasteiger partial charge in [-0.15, -0.1) is 0 Å². The van der Waals surface area contributed by atoms with Gasteiger partial charge in [0.1, 0.15) is 23.7 Å². The summed E-state index contributed by atoms with van der Waals surface area (Å²) >= 11 is 0. The molecule has 11 nitrogen and oxygen atoms in total. The average Bonchev–Trinajstić information content (AvgIpc) is 3.30. The number of imidazole rings is 1. The highest BCUT2D eigenvalue weighted by Gasteiger charge is 2.40. The molecule has 3 rings (SSSR count). The molecule has 0 aliphatic rings. The molecule has 0 bridgehead atoms. The first-order chi connectivity index (χ1) is 18.4. The molecule has 2 heterocycles. The van der Waals surface area contributed by atoms with E-state index in [1.807, 2.05) is 30.5 Å². The lowest BCUT2D eigenvalue weighted by Gasteiger charge is -2.35. The molecular formula is C27H42N7O4P. The van der Waals surface area contributed by atoms with Crippen molar-refractivity contribution >= 4 is 30.4 Å². The molecule has 0 saturated heterocycles. The van der Waals surface area contributed by atoms with Crippen molar-refractivity contribution < 1.29 is 18.8 Å². The maximum Gasteiger partial charge on any atom is 0.326 e. The van der Waals surface area contributed by atoms with E-state index in [0.717, 1.165) is 5.56 Å². The number of rotatable bonds is 14. The first-order valence-corrected chi connectivity index (χ1v) is 15.1. The molecule has 12 heteroatoms. The van der Waals surface area contributed by atoms with Crippen molar-refractivity contribution in [3.63, 3.8) is 0 Å². The molecule has 2 aromatic heterocycles. The first-order valence-electron chi connectivity index (χ1n) is 13.3. The van der Waals surface area contributed by atoms with Crippen LogP contribution >= 0.6 is 7.44 Å². The molecule has 0 amide bonds. The van der Waals surface area contributed by atoms with Crippen LogP contribution in [0.4, 0.5) is 5.82 Å². The number of carbonyl (C=O) groups excluding carboxylic acids is 1. The van der Waals surface area contributed by atoms with Crippen molar-refractivity contribution in [2.75, 3.05) is 25.7 Å². The SMILES string of the molecule is CCCOC(=O)C(C)(C)NP(=O)(CO[C@H](C)Cn1cnc2c(N)ncnc21)N(C)Cc1ccc(C(C)C)cc1. The smallest absolute Gasteiger partial charge is 0.326 e. The molecule has 0 aliphatic heterocycles. The molecule has 39 heavy (non-hydrogen) atoms. The van der Waals surface area contributed by atoms with E-state index in [-0.39, 0.29) is 12.5 Å². The molecule has 1 unspecified atom stereocenters. The molecule has 3 aromatic rings. The molecule has 2 atom stereocenters. The summed E-state index contributed by atoms with van der Waals surface area (Å²) in [4.78, 5) is 25.3. The van der Waals surface area contributed by atoms with Gasteiger partial charge >= 0.3 is 5.97 Å². The van der Waals surface area contributed by atoms with Crippen LogP contribution in [0.1, 0.15) is 65.0 Å². The van der Waals surface area contributed by atoms with Gasteiger partial charge in [-0.05, 0) is 51.3 Å². The second-order valence-corrected chi connectivity index (χ2v) is 13.3. The third-order valence-electron chi connectivity index (χ3n) is 6.43. The van der Waals surface area contributed by atoms with E-state index in [0.29, 0.717) is 49.0 Å². The number of benzene rings is 1. The second kappa shape index (κ2) is 13.0. The van der Waals surface area contributed by atoms with E-state index in [2.05, 4.69) is 46.0 Å². The fourth-order valence-electron chi connectivity index (χ4n) is 4.05. The lowest BCUT2D eigenvalue weighted by atomic mass is 10.0. The van der Waals surface area contributed by atoms with Crippen molar-refractivity contribution in [2.24, 2.45) is 0 Å². The fraction of sp³-hybridized carbons (Fsp3) is 0.556. The van der Waals surface area contributed by atoms with Gasteiger partial charge in [0.05, 0.1) is 25.6 Å². The maximum absolute atomic E-state index is 14.5. The van der Waals surface area contributed by atoms with E-state index >= 15 is 0 Å². The number of esters is 1. The van der Waals surface area contributed by atoms with Gasteiger partial charge in [0.2, 0.25) is 7.44 Å². The molecular weight excluding hydrogens is 517 g/mol. The Morgan fingerprint density at radius 3 is 2.51 bits per heavy atom. The largest absolute Gasteiger partial charge is 0.464 e. The molecule has 0 aliphatic carbocycles. The van der Waals surface area contributed by atoms with Crippen LogP contribution in [0, 0.1) is 0 Å². The summed E-state index contributed by atoms with van der Waals surface area (Å²) in [5.41, 5.74) is 8.07. The third kappa shape index (κ3) is 7.85. The number of anilines is 1. The number of nitrogens with one attached hydrogen (secondary N) is 1. The van der Waals surface area contributed by atoms with Crippen LogP contribution in [-0.2, 0) is 31.9 Å². The quantitative estimate of drug-likeness (QED) is 0.214. The summed E-state index contributed by atoms with van der Waals surface area (Å²) in [5.74, 6) is 0.264. The van der Waals surface area contributed by atoms with Gasteiger partial charge in [-0.2, -0.15) is 0 Å². The van der Waals surface area contributed by atoms with E-state index in [4.69, 9.17) is 15.2 Å². The topological polar surface area (TPSA) is 137 Å². The molecule has 0 fully saturated rings. The van der Waals surface area contributed by atoms with Crippen LogP contribution in [0.2, 0.25) is 0 Å². The number of nitrogens with zero attached hydrogens (tertiary/aromatic N) is 5. The van der Waals surface area contributed by atoms with E-state index in [9.17, 15) is 9.36 Å². The minimum atomic E-state index is -3.42. The number of hydrogen-bond donors (Lipinski definition) is 2. The number of fused-ring (bicyclic) bond motifs is 1. The van der Waals surface area contributed by atoms with Gasteiger partial charge in [-0.3, -0.25) is 9.36 Å². The number of nitrogens with two attached hydrogens (primary N) is 1. The zero-order valence-electron chi connectivity index (χ0n) is 24.0. The number of ether oxygens (including phenoxy) is 2. The Morgan fingerprint density at radius 2 is 1.87 bits per heavy atom. The Morgan fingerprint density at radius 1 is 1.18 bits per heavy atom. The van der Waals surface area contributed by atoms with Crippen molar-refractivity contribution in [3.05, 3.63) is 48.0 Å². The van der Waals surface area contributed by atoms with Crippen molar-refractivity contribution in [1.29, 1.82) is 0 Å². The highest BCUT2D eigenvalue weighted by Crippen LogP contribution is 2.47. The summed E-state index contributed by atoms with van der Waals surface area (Å²) in [6.45, 7) is 12.6. The predicted octanol–water partition coefficient (Wildman–Crippen LogP) is 4.54.